The predicted molar refractivity (Wildman–Crippen MR) is 69.6 cm³/mol. The van der Waals surface area contributed by atoms with Crippen molar-refractivity contribution in [3.63, 3.8) is 0 Å². The zero-order valence-corrected chi connectivity index (χ0v) is 11.0. The number of rotatable bonds is 0. The molecule has 0 heterocycles. The molecule has 0 amide bonds. The fourth-order valence-corrected chi connectivity index (χ4v) is 4.45. The van der Waals surface area contributed by atoms with Gasteiger partial charge in [-0.2, -0.15) is 0 Å². The Morgan fingerprint density at radius 3 is 3.00 bits per heavy atom. The van der Waals surface area contributed by atoms with Crippen molar-refractivity contribution >= 4 is 5.78 Å². The number of Topliss-reactive ketones (excluding diaryl/α,β-unsaturated/α-hetero) is 1. The highest BCUT2D eigenvalue weighted by atomic mass is 16.1. The van der Waals surface area contributed by atoms with Gasteiger partial charge < -0.3 is 0 Å². The normalized spacial score (nSPS) is 45.3. The molecule has 0 N–H and O–H groups in total. The Morgan fingerprint density at radius 1 is 1.47 bits per heavy atom. The summed E-state index contributed by atoms with van der Waals surface area (Å²) < 4.78 is 0. The van der Waals surface area contributed by atoms with Crippen LogP contribution in [-0.2, 0) is 4.79 Å². The van der Waals surface area contributed by atoms with Crippen LogP contribution in [0.3, 0.4) is 0 Å². The largest absolute Gasteiger partial charge is 0.295 e. The Balaban J connectivity index is 2.01. The highest BCUT2D eigenvalue weighted by Gasteiger charge is 2.47. The Hall–Kier alpha value is -0.850. The molecular formula is C16H22O. The van der Waals surface area contributed by atoms with Gasteiger partial charge in [-0.1, -0.05) is 38.5 Å². The van der Waals surface area contributed by atoms with Crippen LogP contribution in [0.1, 0.15) is 46.0 Å². The number of carbonyl (C=O) groups is 1. The van der Waals surface area contributed by atoms with Crippen LogP contribution in [0.2, 0.25) is 0 Å². The minimum absolute atomic E-state index is 0.312. The summed E-state index contributed by atoms with van der Waals surface area (Å²) >= 11 is 0. The number of allylic oxidation sites excluding steroid dienone is 3. The van der Waals surface area contributed by atoms with E-state index in [9.17, 15) is 4.79 Å². The molecular weight excluding hydrogens is 208 g/mol. The van der Waals surface area contributed by atoms with E-state index in [2.05, 4.69) is 26.5 Å². The van der Waals surface area contributed by atoms with Crippen LogP contribution < -0.4 is 0 Å². The molecule has 2 saturated carbocycles. The maximum absolute atomic E-state index is 11.8. The van der Waals surface area contributed by atoms with Gasteiger partial charge >= 0.3 is 0 Å². The molecule has 3 rings (SSSR count). The first-order valence-corrected chi connectivity index (χ1v) is 6.95. The van der Waals surface area contributed by atoms with E-state index in [-0.39, 0.29) is 0 Å². The van der Waals surface area contributed by atoms with Crippen molar-refractivity contribution in [2.24, 2.45) is 23.2 Å². The average molecular weight is 230 g/mol. The molecule has 0 saturated heterocycles. The molecule has 0 aliphatic heterocycles. The van der Waals surface area contributed by atoms with Crippen molar-refractivity contribution in [3.05, 3.63) is 23.8 Å². The van der Waals surface area contributed by atoms with Gasteiger partial charge in [-0.15, -0.1) is 0 Å². The predicted octanol–water partition coefficient (Wildman–Crippen LogP) is 3.90. The lowest BCUT2D eigenvalue weighted by Crippen LogP contribution is -2.35. The summed E-state index contributed by atoms with van der Waals surface area (Å²) in [6.07, 6.45) is 8.36. The molecule has 92 valence electrons. The molecule has 3 aliphatic carbocycles. The molecule has 0 aromatic heterocycles. The van der Waals surface area contributed by atoms with Gasteiger partial charge in [-0.25, -0.2) is 0 Å². The van der Waals surface area contributed by atoms with Gasteiger partial charge in [0.2, 0.25) is 0 Å². The van der Waals surface area contributed by atoms with Gasteiger partial charge in [0.05, 0.1) is 0 Å². The zero-order valence-electron chi connectivity index (χ0n) is 11.0. The Morgan fingerprint density at radius 2 is 2.24 bits per heavy atom. The van der Waals surface area contributed by atoms with Crippen molar-refractivity contribution in [2.45, 2.75) is 46.0 Å². The van der Waals surface area contributed by atoms with Crippen molar-refractivity contribution in [1.29, 1.82) is 0 Å². The second kappa shape index (κ2) is 3.57. The van der Waals surface area contributed by atoms with Crippen molar-refractivity contribution < 1.29 is 4.79 Å². The Bertz CT molecular complexity index is 417. The summed E-state index contributed by atoms with van der Waals surface area (Å²) in [5.74, 6) is 1.94. The number of hydrogen-bond donors (Lipinski definition) is 0. The van der Waals surface area contributed by atoms with Crippen LogP contribution >= 0.6 is 0 Å². The Kier molecular flexibility index (Phi) is 2.36. The fourth-order valence-electron chi connectivity index (χ4n) is 4.45. The highest BCUT2D eigenvalue weighted by Crippen LogP contribution is 2.55. The Labute approximate surface area is 104 Å². The molecule has 0 aromatic rings. The van der Waals surface area contributed by atoms with E-state index in [0.29, 0.717) is 29.0 Å². The van der Waals surface area contributed by atoms with Crippen LogP contribution in [0.5, 0.6) is 0 Å². The number of fused-ring (bicyclic) bond motifs is 2. The van der Waals surface area contributed by atoms with Crippen molar-refractivity contribution in [1.82, 2.24) is 0 Å². The lowest BCUT2D eigenvalue weighted by atomic mass is 9.58. The third kappa shape index (κ3) is 1.55. The van der Waals surface area contributed by atoms with E-state index in [1.807, 2.05) is 0 Å². The van der Waals surface area contributed by atoms with Gasteiger partial charge in [0.15, 0.2) is 5.78 Å². The van der Waals surface area contributed by atoms with Gasteiger partial charge in [0.25, 0.3) is 0 Å². The van der Waals surface area contributed by atoms with Crippen LogP contribution in [0, 0.1) is 23.2 Å². The highest BCUT2D eigenvalue weighted by molar-refractivity contribution is 5.98. The van der Waals surface area contributed by atoms with E-state index < -0.39 is 0 Å². The molecule has 0 radical (unpaired) electrons. The maximum Gasteiger partial charge on any atom is 0.159 e. The summed E-state index contributed by atoms with van der Waals surface area (Å²) in [4.78, 5) is 11.8. The summed E-state index contributed by atoms with van der Waals surface area (Å²) in [7, 11) is 0. The van der Waals surface area contributed by atoms with Crippen LogP contribution in [0.25, 0.3) is 0 Å². The average Bonchev–Trinajstić information content (AvgIpc) is 2.52. The minimum atomic E-state index is 0.312. The molecule has 1 heteroatoms. The summed E-state index contributed by atoms with van der Waals surface area (Å²) in [5.41, 5.74) is 2.88. The third-order valence-corrected chi connectivity index (χ3v) is 5.38. The van der Waals surface area contributed by atoms with E-state index in [1.165, 1.54) is 25.7 Å². The summed E-state index contributed by atoms with van der Waals surface area (Å²) in [5, 5.41) is 0. The van der Waals surface area contributed by atoms with Crippen molar-refractivity contribution in [2.75, 3.05) is 0 Å². The first-order chi connectivity index (χ1) is 8.01. The number of hydrogen-bond acceptors (Lipinski definition) is 1. The van der Waals surface area contributed by atoms with E-state index >= 15 is 0 Å². The van der Waals surface area contributed by atoms with E-state index in [1.54, 1.807) is 5.57 Å². The second-order valence-corrected chi connectivity index (χ2v) is 6.62. The summed E-state index contributed by atoms with van der Waals surface area (Å²) in [6.45, 7) is 8.77. The molecule has 4 atom stereocenters. The van der Waals surface area contributed by atoms with E-state index in [0.717, 1.165) is 12.0 Å². The molecule has 0 bridgehead atoms. The van der Waals surface area contributed by atoms with Crippen molar-refractivity contribution in [3.8, 4) is 0 Å². The molecule has 17 heavy (non-hydrogen) atoms. The number of ketones is 1. The quantitative estimate of drug-likeness (QED) is 0.455. The standard InChI is InChI=1S/C16H22O/c1-10-5-4-6-16(3)9-12-7-15(17)11(2)13(12)8-14(10)16/h8,10,12-13H,2,4-7,9H2,1,3H3/t10-,12+,13+,16+/m0/s1. The van der Waals surface area contributed by atoms with Gasteiger partial charge in [0, 0.05) is 12.3 Å². The van der Waals surface area contributed by atoms with Gasteiger partial charge in [-0.3, -0.25) is 4.79 Å². The van der Waals surface area contributed by atoms with E-state index in [4.69, 9.17) is 0 Å². The molecule has 3 aliphatic rings. The zero-order chi connectivity index (χ0) is 12.2. The SMILES string of the molecule is C=C1C(=O)C[C@@H]2C[C@@]3(C)CCC[C@H](C)C3=C[C@H]12. The van der Waals surface area contributed by atoms with Gasteiger partial charge in [0.1, 0.15) is 0 Å². The topological polar surface area (TPSA) is 17.1 Å². The third-order valence-electron chi connectivity index (χ3n) is 5.38. The monoisotopic (exact) mass is 230 g/mol. The molecule has 0 unspecified atom stereocenters. The molecule has 2 fully saturated rings. The summed E-state index contributed by atoms with van der Waals surface area (Å²) in [6, 6.07) is 0. The van der Waals surface area contributed by atoms with Crippen LogP contribution in [0.4, 0.5) is 0 Å². The fraction of sp³-hybridized carbons (Fsp3) is 0.688. The first kappa shape index (κ1) is 11.3. The molecule has 1 nitrogen and oxygen atoms in total. The lowest BCUT2D eigenvalue weighted by molar-refractivity contribution is -0.114. The van der Waals surface area contributed by atoms with Crippen LogP contribution in [0.15, 0.2) is 23.8 Å². The minimum Gasteiger partial charge on any atom is -0.295 e. The number of carbonyl (C=O) groups excluding carboxylic acids is 1. The second-order valence-electron chi connectivity index (χ2n) is 6.62. The van der Waals surface area contributed by atoms with Gasteiger partial charge in [-0.05, 0) is 42.1 Å². The first-order valence-electron chi connectivity index (χ1n) is 6.95. The molecule has 0 aromatic carbocycles. The lowest BCUT2D eigenvalue weighted by Gasteiger charge is -2.46. The van der Waals surface area contributed by atoms with Crippen LogP contribution in [-0.4, -0.2) is 5.78 Å². The maximum atomic E-state index is 11.8. The smallest absolute Gasteiger partial charge is 0.159 e. The molecule has 0 spiro atoms.